The average molecular weight is 295 g/mol. The van der Waals surface area contributed by atoms with Gasteiger partial charge in [-0.15, -0.1) is 0 Å². The summed E-state index contributed by atoms with van der Waals surface area (Å²) in [5.74, 6) is 0.941. The summed E-state index contributed by atoms with van der Waals surface area (Å²) in [5, 5.41) is 0. The molecule has 1 aromatic carbocycles. The van der Waals surface area contributed by atoms with E-state index in [1.807, 2.05) is 0 Å². The third-order valence-electron chi connectivity index (χ3n) is 3.65. The Kier molecular flexibility index (Phi) is 3.14. The van der Waals surface area contributed by atoms with Crippen LogP contribution in [-0.2, 0) is 6.54 Å². The van der Waals surface area contributed by atoms with Crippen molar-refractivity contribution in [2.45, 2.75) is 38.3 Å². The van der Waals surface area contributed by atoms with Crippen molar-refractivity contribution in [3.8, 4) is 0 Å². The lowest BCUT2D eigenvalue weighted by atomic mass is 10.1. The van der Waals surface area contributed by atoms with Gasteiger partial charge >= 0.3 is 0 Å². The van der Waals surface area contributed by atoms with Gasteiger partial charge in [0.1, 0.15) is 0 Å². The Bertz CT molecular complexity index is 411. The van der Waals surface area contributed by atoms with Gasteiger partial charge in [0.05, 0.1) is 0 Å². The summed E-state index contributed by atoms with van der Waals surface area (Å²) in [4.78, 5) is 2.60. The molecule has 2 aliphatic carbocycles. The molecule has 0 aliphatic heterocycles. The maximum atomic E-state index is 5.75. The fraction of sp³-hybridized carbons (Fsp3) is 0.571. The van der Waals surface area contributed by atoms with E-state index in [1.54, 1.807) is 0 Å². The van der Waals surface area contributed by atoms with Gasteiger partial charge in [0, 0.05) is 29.3 Å². The summed E-state index contributed by atoms with van der Waals surface area (Å²) >= 11 is 3.59. The molecule has 0 atom stereocenters. The Morgan fingerprint density at radius 2 is 1.94 bits per heavy atom. The van der Waals surface area contributed by atoms with E-state index in [1.165, 1.54) is 43.5 Å². The Morgan fingerprint density at radius 1 is 1.18 bits per heavy atom. The fourth-order valence-corrected chi connectivity index (χ4v) is 2.88. The molecular weight excluding hydrogens is 276 g/mol. The summed E-state index contributed by atoms with van der Waals surface area (Å²) in [7, 11) is 0. The third-order valence-corrected chi connectivity index (χ3v) is 4.11. The second-order valence-electron chi connectivity index (χ2n) is 5.35. The van der Waals surface area contributed by atoms with E-state index >= 15 is 0 Å². The van der Waals surface area contributed by atoms with Crippen LogP contribution in [0.5, 0.6) is 0 Å². The lowest BCUT2D eigenvalue weighted by Crippen LogP contribution is -2.28. The minimum absolute atomic E-state index is 0.619. The van der Waals surface area contributed by atoms with E-state index in [4.69, 9.17) is 5.73 Å². The molecule has 0 amide bonds. The Morgan fingerprint density at radius 3 is 2.53 bits per heavy atom. The predicted molar refractivity (Wildman–Crippen MR) is 75.1 cm³/mol. The molecule has 0 unspecified atom stereocenters. The van der Waals surface area contributed by atoms with Crippen LogP contribution in [0.4, 0.5) is 5.69 Å². The number of halogens is 1. The van der Waals surface area contributed by atoms with Gasteiger partial charge in [-0.3, -0.25) is 0 Å². The fourth-order valence-electron chi connectivity index (χ4n) is 2.35. The van der Waals surface area contributed by atoms with Crippen LogP contribution >= 0.6 is 15.9 Å². The van der Waals surface area contributed by atoms with Crippen molar-refractivity contribution in [3.05, 3.63) is 28.2 Å². The first kappa shape index (κ1) is 11.5. The van der Waals surface area contributed by atoms with E-state index in [2.05, 4.69) is 39.0 Å². The Labute approximate surface area is 111 Å². The number of hydrogen-bond donors (Lipinski definition) is 1. The lowest BCUT2D eigenvalue weighted by molar-refractivity contribution is 0.718. The molecule has 3 heteroatoms. The molecule has 2 N–H and O–H groups in total. The van der Waals surface area contributed by atoms with Gasteiger partial charge in [-0.05, 0) is 55.4 Å². The first-order valence-corrected chi connectivity index (χ1v) is 7.32. The summed E-state index contributed by atoms with van der Waals surface area (Å²) < 4.78 is 1.15. The first-order valence-electron chi connectivity index (χ1n) is 6.52. The van der Waals surface area contributed by atoms with Crippen molar-refractivity contribution < 1.29 is 0 Å². The second-order valence-corrected chi connectivity index (χ2v) is 6.26. The van der Waals surface area contributed by atoms with E-state index in [0.29, 0.717) is 6.54 Å². The highest BCUT2D eigenvalue weighted by atomic mass is 79.9. The van der Waals surface area contributed by atoms with Gasteiger partial charge in [0.2, 0.25) is 0 Å². The normalized spacial score (nSPS) is 19.4. The first-order chi connectivity index (χ1) is 8.26. The van der Waals surface area contributed by atoms with Gasteiger partial charge in [-0.1, -0.05) is 15.9 Å². The van der Waals surface area contributed by atoms with Crippen molar-refractivity contribution in [1.29, 1.82) is 0 Å². The number of nitrogens with two attached hydrogens (primary N) is 1. The SMILES string of the molecule is NCc1cc(Br)cc(N(CC2CC2)C2CC2)c1. The van der Waals surface area contributed by atoms with Crippen LogP contribution in [0.3, 0.4) is 0 Å². The van der Waals surface area contributed by atoms with Crippen LogP contribution in [0.2, 0.25) is 0 Å². The molecule has 2 saturated carbocycles. The minimum Gasteiger partial charge on any atom is -0.368 e. The van der Waals surface area contributed by atoms with E-state index in [-0.39, 0.29) is 0 Å². The molecule has 0 radical (unpaired) electrons. The van der Waals surface area contributed by atoms with Crippen LogP contribution < -0.4 is 10.6 Å². The topological polar surface area (TPSA) is 29.3 Å². The molecule has 92 valence electrons. The Hall–Kier alpha value is -0.540. The summed E-state index contributed by atoms with van der Waals surface area (Å²) in [6.07, 6.45) is 5.55. The molecule has 2 nitrogen and oxygen atoms in total. The maximum absolute atomic E-state index is 5.75. The highest BCUT2D eigenvalue weighted by Gasteiger charge is 2.33. The zero-order valence-corrected chi connectivity index (χ0v) is 11.6. The summed E-state index contributed by atoms with van der Waals surface area (Å²) in [6.45, 7) is 1.86. The summed E-state index contributed by atoms with van der Waals surface area (Å²) in [6, 6.07) is 7.40. The third kappa shape index (κ3) is 2.83. The molecule has 0 aromatic heterocycles. The maximum Gasteiger partial charge on any atom is 0.0383 e. The molecule has 1 aromatic rings. The van der Waals surface area contributed by atoms with Gasteiger partial charge in [0.15, 0.2) is 0 Å². The molecule has 0 spiro atoms. The molecule has 2 fully saturated rings. The number of nitrogens with zero attached hydrogens (tertiary/aromatic N) is 1. The predicted octanol–water partition coefficient (Wildman–Crippen LogP) is 3.29. The minimum atomic E-state index is 0.619. The van der Waals surface area contributed by atoms with E-state index in [0.717, 1.165) is 16.4 Å². The largest absolute Gasteiger partial charge is 0.368 e. The highest BCUT2D eigenvalue weighted by molar-refractivity contribution is 9.10. The molecule has 0 heterocycles. The molecule has 17 heavy (non-hydrogen) atoms. The number of anilines is 1. The molecule has 3 rings (SSSR count). The van der Waals surface area contributed by atoms with Gasteiger partial charge in [0.25, 0.3) is 0 Å². The van der Waals surface area contributed by atoms with E-state index < -0.39 is 0 Å². The monoisotopic (exact) mass is 294 g/mol. The molecular formula is C14H19BrN2. The van der Waals surface area contributed by atoms with E-state index in [9.17, 15) is 0 Å². The van der Waals surface area contributed by atoms with Crippen LogP contribution in [0.25, 0.3) is 0 Å². The van der Waals surface area contributed by atoms with Crippen LogP contribution in [0.1, 0.15) is 31.2 Å². The van der Waals surface area contributed by atoms with Gasteiger partial charge < -0.3 is 10.6 Å². The van der Waals surface area contributed by atoms with Crippen molar-refractivity contribution in [1.82, 2.24) is 0 Å². The Balaban J connectivity index is 1.85. The smallest absolute Gasteiger partial charge is 0.0383 e. The summed E-state index contributed by atoms with van der Waals surface area (Å²) in [5.41, 5.74) is 8.33. The lowest BCUT2D eigenvalue weighted by Gasteiger charge is -2.25. The van der Waals surface area contributed by atoms with Crippen LogP contribution in [0.15, 0.2) is 22.7 Å². The van der Waals surface area contributed by atoms with Crippen molar-refractivity contribution >= 4 is 21.6 Å². The second kappa shape index (κ2) is 4.62. The highest BCUT2D eigenvalue weighted by Crippen LogP contribution is 2.38. The van der Waals surface area contributed by atoms with Crippen molar-refractivity contribution in [2.24, 2.45) is 11.7 Å². The number of hydrogen-bond acceptors (Lipinski definition) is 2. The molecule has 0 bridgehead atoms. The average Bonchev–Trinajstić information content (AvgIpc) is 3.16. The van der Waals surface area contributed by atoms with Gasteiger partial charge in [-0.25, -0.2) is 0 Å². The van der Waals surface area contributed by atoms with Gasteiger partial charge in [-0.2, -0.15) is 0 Å². The molecule has 0 saturated heterocycles. The quantitative estimate of drug-likeness (QED) is 0.903. The van der Waals surface area contributed by atoms with Crippen molar-refractivity contribution in [2.75, 3.05) is 11.4 Å². The zero-order chi connectivity index (χ0) is 11.8. The number of benzene rings is 1. The standard InChI is InChI=1S/C14H19BrN2/c15-12-5-11(8-16)6-14(7-12)17(13-3-4-13)9-10-1-2-10/h5-7,10,13H,1-4,8-9,16H2. The van der Waals surface area contributed by atoms with Crippen LogP contribution in [-0.4, -0.2) is 12.6 Å². The van der Waals surface area contributed by atoms with Crippen LogP contribution in [0, 0.1) is 5.92 Å². The zero-order valence-electron chi connectivity index (χ0n) is 10.0. The number of rotatable bonds is 5. The molecule has 2 aliphatic rings. The van der Waals surface area contributed by atoms with Crippen molar-refractivity contribution in [3.63, 3.8) is 0 Å².